The Balaban J connectivity index is 0.00000222. The van der Waals surface area contributed by atoms with Gasteiger partial charge in [-0.05, 0) is 55.3 Å². The van der Waals surface area contributed by atoms with Gasteiger partial charge >= 0.3 is 6.18 Å². The first-order chi connectivity index (χ1) is 17.3. The summed E-state index contributed by atoms with van der Waals surface area (Å²) in [5, 5.41) is 13.2. The molecule has 10 heteroatoms. The Hall–Kier alpha value is -3.24. The van der Waals surface area contributed by atoms with Crippen molar-refractivity contribution in [2.45, 2.75) is 39.4 Å². The van der Waals surface area contributed by atoms with Gasteiger partial charge in [0.25, 0.3) is 5.91 Å². The number of aryl methyl sites for hydroxylation is 1. The number of carbonyl (C=O) groups is 1. The molecule has 2 aromatic carbocycles. The first-order valence-electron chi connectivity index (χ1n) is 11.9. The van der Waals surface area contributed by atoms with E-state index in [4.69, 9.17) is 20.3 Å². The lowest BCUT2D eigenvalue weighted by molar-refractivity contribution is -0.153. The summed E-state index contributed by atoms with van der Waals surface area (Å²) in [6.07, 6.45) is -1.32. The molecule has 7 nitrogen and oxygen atoms in total. The zero-order valence-electron chi connectivity index (χ0n) is 20.6. The number of aliphatic hydroxyl groups is 1. The zero-order chi connectivity index (χ0) is 26.6. The topological polar surface area (TPSA) is 98.7 Å². The molecule has 36 heavy (non-hydrogen) atoms. The normalized spacial score (nSPS) is 11.2. The number of fused-ring (bicyclic) bond motifs is 1. The Morgan fingerprint density at radius 2 is 1.78 bits per heavy atom. The van der Waals surface area contributed by atoms with E-state index in [1.807, 2.05) is 36.7 Å². The van der Waals surface area contributed by atoms with Crippen molar-refractivity contribution in [3.8, 4) is 11.5 Å². The fraction of sp³-hybridized carbons (Fsp3) is 0.423. The molecule has 0 fully saturated rings. The number of hydrogen-bond donors (Lipinski definition) is 3. The van der Waals surface area contributed by atoms with Crippen molar-refractivity contribution in [3.63, 3.8) is 0 Å². The van der Waals surface area contributed by atoms with E-state index < -0.39 is 18.7 Å². The molecule has 3 aromatic rings. The maximum Gasteiger partial charge on any atom is 0.422 e. The number of aromatic nitrogens is 1. The van der Waals surface area contributed by atoms with Crippen molar-refractivity contribution in [1.29, 1.82) is 0 Å². The standard InChI is InChI=1S/C24H28F3N3O4.C2H6/c25-24(26,27)16-34-21-5-2-1-4-20(21)33-13-9-29-8-6-17-14-18-7-11-30(10-3-12-31)22(18)19(15-17)23(28)32;1-2/h1-2,4-5,7,11,14-15,29,31H,3,6,8-10,12-13,16H2,(H2,28,32);1-2H3. The molecule has 0 spiro atoms. The van der Waals surface area contributed by atoms with Gasteiger partial charge in [-0.1, -0.05) is 26.0 Å². The van der Waals surface area contributed by atoms with Crippen molar-refractivity contribution in [3.05, 3.63) is 59.8 Å². The predicted octanol–water partition coefficient (Wildman–Crippen LogP) is 4.30. The minimum Gasteiger partial charge on any atom is -0.488 e. The molecule has 0 unspecified atom stereocenters. The van der Waals surface area contributed by atoms with Gasteiger partial charge in [0.15, 0.2) is 18.1 Å². The molecule has 0 bridgehead atoms. The minimum atomic E-state index is -4.42. The van der Waals surface area contributed by atoms with Gasteiger partial charge in [0.1, 0.15) is 6.61 Å². The Labute approximate surface area is 209 Å². The molecule has 1 aromatic heterocycles. The van der Waals surface area contributed by atoms with E-state index in [9.17, 15) is 18.0 Å². The summed E-state index contributed by atoms with van der Waals surface area (Å²) in [7, 11) is 0. The molecular weight excluding hydrogens is 475 g/mol. The van der Waals surface area contributed by atoms with Crippen LogP contribution in [-0.2, 0) is 13.0 Å². The number of benzene rings is 2. The van der Waals surface area contributed by atoms with E-state index in [0.29, 0.717) is 38.0 Å². The molecule has 0 radical (unpaired) electrons. The first kappa shape index (κ1) is 29.0. The average Bonchev–Trinajstić information content (AvgIpc) is 3.27. The van der Waals surface area contributed by atoms with Crippen molar-refractivity contribution in [1.82, 2.24) is 9.88 Å². The lowest BCUT2D eigenvalue weighted by atomic mass is 10.0. The smallest absolute Gasteiger partial charge is 0.422 e. The summed E-state index contributed by atoms with van der Waals surface area (Å²) < 4.78 is 49.5. The number of hydrogen-bond acceptors (Lipinski definition) is 5. The third kappa shape index (κ3) is 8.76. The third-order valence-electron chi connectivity index (χ3n) is 5.11. The highest BCUT2D eigenvalue weighted by Crippen LogP contribution is 2.28. The fourth-order valence-corrected chi connectivity index (χ4v) is 3.61. The number of halogens is 3. The van der Waals surface area contributed by atoms with Gasteiger partial charge in [-0.2, -0.15) is 13.2 Å². The van der Waals surface area contributed by atoms with Crippen LogP contribution in [0.3, 0.4) is 0 Å². The first-order valence-corrected chi connectivity index (χ1v) is 11.9. The molecule has 0 saturated heterocycles. The molecule has 1 amide bonds. The fourth-order valence-electron chi connectivity index (χ4n) is 3.61. The van der Waals surface area contributed by atoms with Crippen molar-refractivity contribution in [2.24, 2.45) is 5.73 Å². The van der Waals surface area contributed by atoms with Crippen LogP contribution in [0.25, 0.3) is 10.9 Å². The summed E-state index contributed by atoms with van der Waals surface area (Å²) in [6, 6.07) is 11.9. The Kier molecular flexibility index (Phi) is 11.6. The zero-order valence-corrected chi connectivity index (χ0v) is 20.6. The lowest BCUT2D eigenvalue weighted by Gasteiger charge is -2.14. The highest BCUT2D eigenvalue weighted by Gasteiger charge is 2.29. The van der Waals surface area contributed by atoms with Crippen LogP contribution in [0.15, 0.2) is 48.7 Å². The molecule has 1 heterocycles. The number of aliphatic hydroxyl groups excluding tert-OH is 1. The monoisotopic (exact) mass is 509 g/mol. The predicted molar refractivity (Wildman–Crippen MR) is 134 cm³/mol. The Morgan fingerprint density at radius 1 is 1.08 bits per heavy atom. The molecule has 0 aliphatic rings. The number of carbonyl (C=O) groups excluding carboxylic acids is 1. The van der Waals surface area contributed by atoms with Gasteiger partial charge in [0.05, 0.1) is 11.1 Å². The van der Waals surface area contributed by atoms with E-state index >= 15 is 0 Å². The van der Waals surface area contributed by atoms with Gasteiger partial charge in [0.2, 0.25) is 0 Å². The molecule has 0 aliphatic heterocycles. The Bertz CT molecular complexity index is 1100. The number of amides is 1. The maximum atomic E-state index is 12.4. The van der Waals surface area contributed by atoms with E-state index in [2.05, 4.69) is 5.32 Å². The largest absolute Gasteiger partial charge is 0.488 e. The molecule has 0 aliphatic carbocycles. The molecule has 0 saturated carbocycles. The summed E-state index contributed by atoms with van der Waals surface area (Å²) in [5.41, 5.74) is 7.75. The van der Waals surface area contributed by atoms with Gasteiger partial charge in [-0.25, -0.2) is 0 Å². The van der Waals surface area contributed by atoms with Crippen LogP contribution in [0, 0.1) is 0 Å². The van der Waals surface area contributed by atoms with Crippen molar-refractivity contribution in [2.75, 3.05) is 32.9 Å². The average molecular weight is 510 g/mol. The second kappa shape index (κ2) is 14.4. The quantitative estimate of drug-likeness (QED) is 0.299. The van der Waals surface area contributed by atoms with Crippen molar-refractivity contribution >= 4 is 16.8 Å². The highest BCUT2D eigenvalue weighted by molar-refractivity contribution is 6.05. The van der Waals surface area contributed by atoms with Gasteiger partial charge < -0.3 is 30.2 Å². The lowest BCUT2D eigenvalue weighted by Crippen LogP contribution is -2.24. The molecule has 3 rings (SSSR count). The number of rotatable bonds is 13. The summed E-state index contributed by atoms with van der Waals surface area (Å²) in [5.74, 6) is -0.225. The third-order valence-corrected chi connectivity index (χ3v) is 5.11. The van der Waals surface area contributed by atoms with Crippen LogP contribution in [0.5, 0.6) is 11.5 Å². The van der Waals surface area contributed by atoms with E-state index in [1.165, 1.54) is 6.07 Å². The summed E-state index contributed by atoms with van der Waals surface area (Å²) in [4.78, 5) is 12.0. The number of alkyl halides is 3. The van der Waals surface area contributed by atoms with E-state index in [0.717, 1.165) is 16.5 Å². The van der Waals surface area contributed by atoms with Gasteiger partial charge in [-0.3, -0.25) is 4.79 Å². The van der Waals surface area contributed by atoms with Crippen LogP contribution in [-0.4, -0.2) is 54.7 Å². The molecule has 198 valence electrons. The van der Waals surface area contributed by atoms with Crippen LogP contribution in [0.4, 0.5) is 13.2 Å². The molecule has 0 atom stereocenters. The number of ether oxygens (including phenoxy) is 2. The number of primary amides is 1. The van der Waals surface area contributed by atoms with Crippen LogP contribution in [0.2, 0.25) is 0 Å². The summed E-state index contributed by atoms with van der Waals surface area (Å²) >= 11 is 0. The Morgan fingerprint density at radius 3 is 2.42 bits per heavy atom. The van der Waals surface area contributed by atoms with E-state index in [-0.39, 0.29) is 24.7 Å². The summed E-state index contributed by atoms with van der Waals surface area (Å²) in [6.45, 7) is 4.58. The van der Waals surface area contributed by atoms with Crippen LogP contribution >= 0.6 is 0 Å². The molecular formula is C26H34F3N3O4. The van der Waals surface area contributed by atoms with E-state index in [1.54, 1.807) is 24.3 Å². The molecule has 4 N–H and O–H groups in total. The second-order valence-corrected chi connectivity index (χ2v) is 7.73. The number of para-hydroxylation sites is 2. The second-order valence-electron chi connectivity index (χ2n) is 7.73. The van der Waals surface area contributed by atoms with Crippen LogP contribution < -0.4 is 20.5 Å². The van der Waals surface area contributed by atoms with Crippen molar-refractivity contribution < 1.29 is 32.5 Å². The minimum absolute atomic E-state index is 0.0398. The SMILES string of the molecule is CC.NC(=O)c1cc(CCNCCOc2ccccc2OCC(F)(F)F)cc2ccn(CCCO)c12. The highest BCUT2D eigenvalue weighted by atomic mass is 19.4. The maximum absolute atomic E-state index is 12.4. The van der Waals surface area contributed by atoms with Crippen LogP contribution in [0.1, 0.15) is 36.2 Å². The number of nitrogens with zero attached hydrogens (tertiary/aromatic N) is 1. The number of nitrogens with one attached hydrogen (secondary N) is 1. The van der Waals surface area contributed by atoms with Gasteiger partial charge in [0, 0.05) is 31.3 Å². The number of nitrogens with two attached hydrogens (primary N) is 1. The van der Waals surface area contributed by atoms with Gasteiger partial charge in [-0.15, -0.1) is 0 Å².